The van der Waals surface area contributed by atoms with Crippen LogP contribution in [0.3, 0.4) is 0 Å². The van der Waals surface area contributed by atoms with E-state index in [4.69, 9.17) is 21.2 Å². The van der Waals surface area contributed by atoms with Crippen LogP contribution in [-0.4, -0.2) is 5.87 Å². The fraction of sp³-hybridized carbons (Fsp3) is 0. The van der Waals surface area contributed by atoms with Crippen LogP contribution in [0, 0.1) is 34.0 Å². The van der Waals surface area contributed by atoms with E-state index in [1.54, 1.807) is 6.08 Å². The molecule has 1 aliphatic carbocycles. The summed E-state index contributed by atoms with van der Waals surface area (Å²) < 4.78 is 0. The Kier molecular flexibility index (Phi) is 3.94. The Morgan fingerprint density at radius 2 is 1.67 bits per heavy atom. The zero-order valence-corrected chi connectivity index (χ0v) is 10.8. The minimum absolute atomic E-state index is 0.00192. The number of hydrogen-bond acceptors (Lipinski definition) is 3. The Labute approximate surface area is 122 Å². The molecule has 0 heterocycles. The normalized spacial score (nSPS) is 13.0. The highest BCUT2D eigenvalue weighted by Crippen LogP contribution is 2.36. The summed E-state index contributed by atoms with van der Waals surface area (Å²) in [5, 5.41) is 35.4. The van der Waals surface area contributed by atoms with Crippen molar-refractivity contribution in [3.8, 4) is 18.2 Å². The number of benzene rings is 1. The van der Waals surface area contributed by atoms with Gasteiger partial charge in [0.05, 0.1) is 5.57 Å². The van der Waals surface area contributed by atoms with Crippen LogP contribution in [0.25, 0.3) is 16.6 Å². The van der Waals surface area contributed by atoms with E-state index in [0.717, 1.165) is 11.1 Å². The lowest BCUT2D eigenvalue weighted by Gasteiger charge is -2.01. The number of rotatable bonds is 2. The van der Waals surface area contributed by atoms with Crippen LogP contribution in [0.5, 0.6) is 0 Å². The molecule has 0 aromatic heterocycles. The Morgan fingerprint density at radius 3 is 2.24 bits per heavy atom. The van der Waals surface area contributed by atoms with E-state index in [1.165, 1.54) is 12.2 Å². The maximum atomic E-state index is 8.85. The molecule has 0 unspecified atom stereocenters. The molecule has 0 atom stereocenters. The third-order valence-electron chi connectivity index (χ3n) is 2.94. The molecular formula is C17H7N4-. The third kappa shape index (κ3) is 2.70. The van der Waals surface area contributed by atoms with Gasteiger partial charge in [0.25, 0.3) is 0 Å². The fourth-order valence-electron chi connectivity index (χ4n) is 2.04. The fourth-order valence-corrected chi connectivity index (χ4v) is 2.04. The quantitative estimate of drug-likeness (QED) is 0.608. The van der Waals surface area contributed by atoms with Gasteiger partial charge in [-0.25, -0.2) is 0 Å². The second-order valence-electron chi connectivity index (χ2n) is 4.16. The molecule has 21 heavy (non-hydrogen) atoms. The molecule has 0 amide bonds. The van der Waals surface area contributed by atoms with Crippen LogP contribution in [0.1, 0.15) is 11.1 Å². The molecular weight excluding hydrogens is 260 g/mol. The van der Waals surface area contributed by atoms with Crippen LogP contribution >= 0.6 is 0 Å². The highest BCUT2D eigenvalue weighted by atomic mass is 14.3. The Morgan fingerprint density at radius 1 is 1.00 bits per heavy atom. The van der Waals surface area contributed by atoms with Crippen molar-refractivity contribution in [2.45, 2.75) is 0 Å². The van der Waals surface area contributed by atoms with Gasteiger partial charge < -0.3 is 5.41 Å². The first-order valence-corrected chi connectivity index (χ1v) is 5.95. The Balaban J connectivity index is 2.63. The minimum atomic E-state index is 0.00192. The molecule has 4 nitrogen and oxygen atoms in total. The Bertz CT molecular complexity index is 855. The van der Waals surface area contributed by atoms with Crippen molar-refractivity contribution in [2.75, 3.05) is 0 Å². The van der Waals surface area contributed by atoms with E-state index >= 15 is 0 Å². The average Bonchev–Trinajstić information content (AvgIpc) is 2.88. The number of allylic oxidation sites excluding steroid dienone is 7. The first-order chi connectivity index (χ1) is 10.2. The first kappa shape index (κ1) is 13.8. The largest absolute Gasteiger partial charge is 0.762 e. The smallest absolute Gasteiger partial charge is 0.130 e. The van der Waals surface area contributed by atoms with Gasteiger partial charge in [0.1, 0.15) is 23.8 Å². The highest BCUT2D eigenvalue weighted by Gasteiger charge is 2.17. The van der Waals surface area contributed by atoms with Gasteiger partial charge in [0.2, 0.25) is 0 Å². The molecule has 1 aliphatic rings. The second kappa shape index (κ2) is 6.00. The van der Waals surface area contributed by atoms with Crippen LogP contribution in [0.15, 0.2) is 53.6 Å². The van der Waals surface area contributed by atoms with Crippen molar-refractivity contribution in [1.82, 2.24) is 0 Å². The van der Waals surface area contributed by atoms with Crippen molar-refractivity contribution in [3.63, 3.8) is 0 Å². The average molecular weight is 267 g/mol. The molecule has 0 bridgehead atoms. The summed E-state index contributed by atoms with van der Waals surface area (Å²) in [6, 6.07) is 12.9. The van der Waals surface area contributed by atoms with Gasteiger partial charge in [-0.2, -0.15) is 15.8 Å². The lowest BCUT2D eigenvalue weighted by atomic mass is 10.0. The molecule has 0 N–H and O–H groups in total. The van der Waals surface area contributed by atoms with Gasteiger partial charge in [-0.3, -0.25) is 5.87 Å². The second-order valence-corrected chi connectivity index (χ2v) is 4.16. The van der Waals surface area contributed by atoms with Gasteiger partial charge in [0, 0.05) is 0 Å². The van der Waals surface area contributed by atoms with Gasteiger partial charge >= 0.3 is 0 Å². The van der Waals surface area contributed by atoms with E-state index in [-0.39, 0.29) is 11.1 Å². The molecule has 1 aromatic carbocycles. The summed E-state index contributed by atoms with van der Waals surface area (Å²) >= 11 is 0. The lowest BCUT2D eigenvalue weighted by molar-refractivity contribution is 1.46. The van der Waals surface area contributed by atoms with Crippen LogP contribution < -0.4 is 0 Å². The number of nitrogens with zero attached hydrogens (tertiary/aromatic N) is 4. The highest BCUT2D eigenvalue weighted by molar-refractivity contribution is 6.00. The van der Waals surface area contributed by atoms with Crippen molar-refractivity contribution in [3.05, 3.63) is 70.2 Å². The van der Waals surface area contributed by atoms with Crippen molar-refractivity contribution in [1.29, 1.82) is 15.8 Å². The van der Waals surface area contributed by atoms with E-state index in [9.17, 15) is 0 Å². The van der Waals surface area contributed by atoms with Gasteiger partial charge in [-0.15, -0.1) is 0 Å². The SMILES string of the molecule is N#CC(=C=[N-])/C=C1/C=C(C=C(C#N)C#N)c2ccccc21. The third-order valence-corrected chi connectivity index (χ3v) is 2.94. The topological polar surface area (TPSA) is 93.7 Å². The van der Waals surface area contributed by atoms with E-state index in [2.05, 4.69) is 0 Å². The van der Waals surface area contributed by atoms with Crippen LogP contribution in [0.4, 0.5) is 0 Å². The molecule has 0 fully saturated rings. The molecule has 0 aliphatic heterocycles. The van der Waals surface area contributed by atoms with E-state index < -0.39 is 0 Å². The summed E-state index contributed by atoms with van der Waals surface area (Å²) in [7, 11) is 0. The zero-order chi connectivity index (χ0) is 15.2. The van der Waals surface area contributed by atoms with E-state index in [0.29, 0.717) is 11.1 Å². The predicted octanol–water partition coefficient (Wildman–Crippen LogP) is 3.13. The minimum Gasteiger partial charge on any atom is -0.762 e. The molecule has 0 spiro atoms. The molecule has 0 saturated heterocycles. The molecule has 0 saturated carbocycles. The summed E-state index contributed by atoms with van der Waals surface area (Å²) in [5.41, 5.74) is 3.16. The maximum absolute atomic E-state index is 8.85. The summed E-state index contributed by atoms with van der Waals surface area (Å²) in [5.74, 6) is 1.82. The molecule has 96 valence electrons. The predicted molar refractivity (Wildman–Crippen MR) is 79.2 cm³/mol. The maximum Gasteiger partial charge on any atom is 0.130 e. The van der Waals surface area contributed by atoms with Gasteiger partial charge in [0.15, 0.2) is 0 Å². The molecule has 2 rings (SSSR count). The number of fused-ring (bicyclic) bond motifs is 1. The van der Waals surface area contributed by atoms with Crippen molar-refractivity contribution < 1.29 is 0 Å². The standard InChI is InChI=1S/C17H7N4/c18-8-12(9-19)5-14-7-15(6-13(10-20)11-21)17-4-2-1-3-16(14)17/h1-7H/q-1/b14-5-. The summed E-state index contributed by atoms with van der Waals surface area (Å²) in [4.78, 5) is 0. The lowest BCUT2D eigenvalue weighted by Crippen LogP contribution is -1.83. The molecule has 4 heteroatoms. The van der Waals surface area contributed by atoms with Crippen molar-refractivity contribution in [2.24, 2.45) is 0 Å². The molecule has 0 radical (unpaired) electrons. The van der Waals surface area contributed by atoms with Crippen LogP contribution in [-0.2, 0) is 0 Å². The summed E-state index contributed by atoms with van der Waals surface area (Å²) in [6.45, 7) is 0. The van der Waals surface area contributed by atoms with E-state index in [1.807, 2.05) is 48.3 Å². The molecule has 1 aromatic rings. The van der Waals surface area contributed by atoms with Gasteiger partial charge in [-0.1, -0.05) is 24.3 Å². The number of hydrogen-bond donors (Lipinski definition) is 0. The summed E-state index contributed by atoms with van der Waals surface area (Å²) in [6.07, 6.45) is 4.75. The van der Waals surface area contributed by atoms with Crippen LogP contribution in [0.2, 0.25) is 0 Å². The first-order valence-electron chi connectivity index (χ1n) is 5.95. The Hall–Kier alpha value is -3.64. The van der Waals surface area contributed by atoms with Crippen molar-refractivity contribution >= 4 is 17.0 Å². The number of nitriles is 3. The zero-order valence-electron chi connectivity index (χ0n) is 10.8. The van der Waals surface area contributed by atoms with Gasteiger partial charge in [-0.05, 0) is 40.5 Å². The monoisotopic (exact) mass is 267 g/mol.